The van der Waals surface area contributed by atoms with Gasteiger partial charge in [-0.15, -0.1) is 0 Å². The van der Waals surface area contributed by atoms with Gasteiger partial charge in [-0.2, -0.15) is 0 Å². The van der Waals surface area contributed by atoms with Crippen molar-refractivity contribution >= 4 is 16.5 Å². The molecule has 0 amide bonds. The number of hydrogen-bond donors (Lipinski definition) is 1. The van der Waals surface area contributed by atoms with Gasteiger partial charge >= 0.3 is 0 Å². The van der Waals surface area contributed by atoms with E-state index in [9.17, 15) is 4.21 Å². The Morgan fingerprint density at radius 3 is 2.82 bits per heavy atom. The Bertz CT molecular complexity index is 405. The lowest BCUT2D eigenvalue weighted by molar-refractivity contribution is 0.389. The summed E-state index contributed by atoms with van der Waals surface area (Å²) in [5.74, 6) is 1.34. The summed E-state index contributed by atoms with van der Waals surface area (Å²) in [4.78, 5) is 0. The molecule has 0 aromatic heterocycles. The van der Waals surface area contributed by atoms with E-state index in [4.69, 9.17) is 5.73 Å². The Kier molecular flexibility index (Phi) is 4.21. The van der Waals surface area contributed by atoms with E-state index < -0.39 is 10.8 Å². The highest BCUT2D eigenvalue weighted by molar-refractivity contribution is 7.84. The predicted molar refractivity (Wildman–Crippen MR) is 74.1 cm³/mol. The third-order valence-electron chi connectivity index (χ3n) is 3.61. The Labute approximate surface area is 106 Å². The van der Waals surface area contributed by atoms with Crippen molar-refractivity contribution in [2.75, 3.05) is 5.73 Å². The van der Waals surface area contributed by atoms with Crippen LogP contribution in [0.3, 0.4) is 0 Å². The maximum atomic E-state index is 12.3. The SMILES string of the molecule is CC1CCCC(S(=O)Cc2ccccc2N)C1. The molecular weight excluding hydrogens is 230 g/mol. The van der Waals surface area contributed by atoms with E-state index in [1.165, 1.54) is 12.8 Å². The molecule has 0 bridgehead atoms. The van der Waals surface area contributed by atoms with Crippen LogP contribution in [-0.4, -0.2) is 9.46 Å². The highest BCUT2D eigenvalue weighted by Gasteiger charge is 2.24. The second kappa shape index (κ2) is 5.67. The number of para-hydroxylation sites is 1. The molecule has 3 atom stereocenters. The molecule has 3 heteroatoms. The number of benzene rings is 1. The van der Waals surface area contributed by atoms with Crippen molar-refractivity contribution in [3.8, 4) is 0 Å². The first-order chi connectivity index (χ1) is 8.16. The van der Waals surface area contributed by atoms with Gasteiger partial charge in [0.2, 0.25) is 0 Å². The fourth-order valence-corrected chi connectivity index (χ4v) is 4.33. The Morgan fingerprint density at radius 1 is 1.35 bits per heavy atom. The third-order valence-corrected chi connectivity index (χ3v) is 5.38. The van der Waals surface area contributed by atoms with Crippen molar-refractivity contribution < 1.29 is 4.21 Å². The summed E-state index contributed by atoms with van der Waals surface area (Å²) in [6, 6.07) is 7.76. The third kappa shape index (κ3) is 3.32. The van der Waals surface area contributed by atoms with Crippen LogP contribution >= 0.6 is 0 Å². The summed E-state index contributed by atoms with van der Waals surface area (Å²) >= 11 is 0. The van der Waals surface area contributed by atoms with E-state index in [1.807, 2.05) is 24.3 Å². The first-order valence-electron chi connectivity index (χ1n) is 6.37. The topological polar surface area (TPSA) is 43.1 Å². The average molecular weight is 251 g/mol. The van der Waals surface area contributed by atoms with E-state index in [1.54, 1.807) is 0 Å². The number of rotatable bonds is 3. The predicted octanol–water partition coefficient (Wildman–Crippen LogP) is 3.10. The summed E-state index contributed by atoms with van der Waals surface area (Å²) < 4.78 is 12.3. The summed E-state index contributed by atoms with van der Waals surface area (Å²) in [5, 5.41) is 0.373. The van der Waals surface area contributed by atoms with Crippen LogP contribution < -0.4 is 5.73 Å². The second-order valence-electron chi connectivity index (χ2n) is 5.12. The molecule has 0 aliphatic heterocycles. The minimum atomic E-state index is -0.768. The van der Waals surface area contributed by atoms with Gasteiger partial charge in [0.1, 0.15) is 0 Å². The summed E-state index contributed by atoms with van der Waals surface area (Å²) in [6.07, 6.45) is 4.74. The van der Waals surface area contributed by atoms with Crippen molar-refractivity contribution in [3.63, 3.8) is 0 Å². The van der Waals surface area contributed by atoms with Crippen LogP contribution in [0.4, 0.5) is 5.69 Å². The molecular formula is C14H21NOS. The monoisotopic (exact) mass is 251 g/mol. The molecule has 2 nitrogen and oxygen atoms in total. The smallest absolute Gasteiger partial charge is 0.0508 e. The molecule has 0 saturated heterocycles. The molecule has 2 rings (SSSR count). The van der Waals surface area contributed by atoms with Crippen LogP contribution in [0.1, 0.15) is 38.2 Å². The quantitative estimate of drug-likeness (QED) is 0.839. The van der Waals surface area contributed by atoms with Crippen LogP contribution in [0.15, 0.2) is 24.3 Å². The summed E-state index contributed by atoms with van der Waals surface area (Å²) in [5.41, 5.74) is 7.69. The summed E-state index contributed by atoms with van der Waals surface area (Å²) in [7, 11) is -0.768. The van der Waals surface area contributed by atoms with Gasteiger partial charge in [-0.25, -0.2) is 0 Å². The van der Waals surface area contributed by atoms with Gasteiger partial charge in [0.25, 0.3) is 0 Å². The van der Waals surface area contributed by atoms with Crippen molar-refractivity contribution in [1.29, 1.82) is 0 Å². The molecule has 0 radical (unpaired) electrons. The molecule has 1 fully saturated rings. The standard InChI is InChI=1S/C14H21NOS/c1-11-5-4-7-13(9-11)17(16)10-12-6-2-3-8-14(12)15/h2-3,6,8,11,13H,4-5,7,9-10,15H2,1H3. The molecule has 1 aromatic carbocycles. The number of anilines is 1. The molecule has 3 unspecified atom stereocenters. The fourth-order valence-electron chi connectivity index (χ4n) is 2.55. The molecule has 0 spiro atoms. The Hall–Kier alpha value is -0.830. The lowest BCUT2D eigenvalue weighted by Crippen LogP contribution is -2.24. The minimum Gasteiger partial charge on any atom is -0.398 e. The van der Waals surface area contributed by atoms with E-state index in [-0.39, 0.29) is 0 Å². The van der Waals surface area contributed by atoms with Gasteiger partial charge in [0.05, 0.1) is 5.75 Å². The van der Waals surface area contributed by atoms with Crippen LogP contribution in [0, 0.1) is 5.92 Å². The minimum absolute atomic E-state index is 0.373. The molecule has 2 N–H and O–H groups in total. The Morgan fingerprint density at radius 2 is 2.12 bits per heavy atom. The zero-order valence-electron chi connectivity index (χ0n) is 10.4. The van der Waals surface area contributed by atoms with E-state index in [2.05, 4.69) is 6.92 Å². The van der Waals surface area contributed by atoms with Gasteiger partial charge in [0.15, 0.2) is 0 Å². The molecule has 1 aliphatic carbocycles. The van der Waals surface area contributed by atoms with Crippen LogP contribution in [0.2, 0.25) is 0 Å². The highest BCUT2D eigenvalue weighted by atomic mass is 32.2. The normalized spacial score (nSPS) is 26.6. The van der Waals surface area contributed by atoms with Gasteiger partial charge in [-0.05, 0) is 30.4 Å². The lowest BCUT2D eigenvalue weighted by atomic mass is 9.91. The summed E-state index contributed by atoms with van der Waals surface area (Å²) in [6.45, 7) is 2.26. The Balaban J connectivity index is 1.99. The second-order valence-corrected chi connectivity index (χ2v) is 6.83. The highest BCUT2D eigenvalue weighted by Crippen LogP contribution is 2.28. The fraction of sp³-hybridized carbons (Fsp3) is 0.571. The first kappa shape index (κ1) is 12.6. The number of nitrogen functional groups attached to an aromatic ring is 1. The largest absolute Gasteiger partial charge is 0.398 e. The molecule has 17 heavy (non-hydrogen) atoms. The van der Waals surface area contributed by atoms with Crippen molar-refractivity contribution in [2.24, 2.45) is 5.92 Å². The maximum Gasteiger partial charge on any atom is 0.0508 e. The molecule has 1 aromatic rings. The van der Waals surface area contributed by atoms with Gasteiger partial charge < -0.3 is 5.73 Å². The van der Waals surface area contributed by atoms with Crippen molar-refractivity contribution in [2.45, 2.75) is 43.6 Å². The van der Waals surface area contributed by atoms with Crippen molar-refractivity contribution in [1.82, 2.24) is 0 Å². The number of hydrogen-bond acceptors (Lipinski definition) is 2. The molecule has 1 saturated carbocycles. The van der Waals surface area contributed by atoms with Crippen molar-refractivity contribution in [3.05, 3.63) is 29.8 Å². The van der Waals surface area contributed by atoms with Crippen LogP contribution in [0.5, 0.6) is 0 Å². The van der Waals surface area contributed by atoms with Gasteiger partial charge in [0, 0.05) is 21.7 Å². The zero-order chi connectivity index (χ0) is 12.3. The van der Waals surface area contributed by atoms with Crippen LogP contribution in [0.25, 0.3) is 0 Å². The maximum absolute atomic E-state index is 12.3. The average Bonchev–Trinajstić information content (AvgIpc) is 2.32. The first-order valence-corrected chi connectivity index (χ1v) is 7.75. The van der Waals surface area contributed by atoms with Gasteiger partial charge in [-0.3, -0.25) is 4.21 Å². The van der Waals surface area contributed by atoms with Gasteiger partial charge in [-0.1, -0.05) is 38.0 Å². The lowest BCUT2D eigenvalue weighted by Gasteiger charge is -2.26. The zero-order valence-corrected chi connectivity index (χ0v) is 11.2. The molecule has 1 aliphatic rings. The molecule has 94 valence electrons. The van der Waals surface area contributed by atoms with Crippen LogP contribution in [-0.2, 0) is 16.6 Å². The molecule has 0 heterocycles. The number of nitrogens with two attached hydrogens (primary N) is 1. The van der Waals surface area contributed by atoms with E-state index >= 15 is 0 Å². The van der Waals surface area contributed by atoms with E-state index in [0.717, 1.165) is 30.0 Å². The van der Waals surface area contributed by atoms with E-state index in [0.29, 0.717) is 11.0 Å².